The van der Waals surface area contributed by atoms with Gasteiger partial charge in [-0.1, -0.05) is 48.9 Å². The lowest BCUT2D eigenvalue weighted by atomic mass is 10.0. The van der Waals surface area contributed by atoms with Gasteiger partial charge in [0.05, 0.1) is 0 Å². The van der Waals surface area contributed by atoms with Crippen molar-refractivity contribution in [2.24, 2.45) is 0 Å². The highest BCUT2D eigenvalue weighted by atomic mass is 16.5. The zero-order valence-corrected chi connectivity index (χ0v) is 11.0. The summed E-state index contributed by atoms with van der Waals surface area (Å²) < 4.78 is 5.16. The van der Waals surface area contributed by atoms with Crippen LogP contribution < -0.4 is 0 Å². The van der Waals surface area contributed by atoms with Crippen molar-refractivity contribution in [1.82, 2.24) is 0 Å². The van der Waals surface area contributed by atoms with E-state index in [1.807, 2.05) is 37.3 Å². The quantitative estimate of drug-likeness (QED) is 0.366. The van der Waals surface area contributed by atoms with Crippen LogP contribution in [0.25, 0.3) is 0 Å². The normalized spacial score (nSPS) is 12.5. The summed E-state index contributed by atoms with van der Waals surface area (Å²) in [6.45, 7) is 2.60. The predicted molar refractivity (Wildman–Crippen MR) is 74.2 cm³/mol. The van der Waals surface area contributed by atoms with Crippen molar-refractivity contribution in [2.45, 2.75) is 45.1 Å². The van der Waals surface area contributed by atoms with Crippen molar-refractivity contribution in [3.63, 3.8) is 0 Å². The fraction of sp³-hybridized carbons (Fsp3) is 0.438. The second-order valence-corrected chi connectivity index (χ2v) is 4.34. The third-order valence-electron chi connectivity index (χ3n) is 2.96. The maximum atomic E-state index is 10.5. The number of unbranched alkanes of at least 4 members (excludes halogenated alkanes) is 3. The van der Waals surface area contributed by atoms with Crippen LogP contribution >= 0.6 is 0 Å². The maximum absolute atomic E-state index is 10.5. The van der Waals surface area contributed by atoms with Crippen molar-refractivity contribution >= 4 is 6.47 Å². The lowest BCUT2D eigenvalue weighted by Crippen LogP contribution is -2.03. The molecule has 1 atom stereocenters. The molecule has 98 valence electrons. The molecule has 0 heterocycles. The van der Waals surface area contributed by atoms with Gasteiger partial charge in [-0.05, 0) is 38.2 Å². The molecule has 0 aromatic heterocycles. The van der Waals surface area contributed by atoms with Crippen LogP contribution in [0.2, 0.25) is 0 Å². The summed E-state index contributed by atoms with van der Waals surface area (Å²) in [5.41, 5.74) is 1.08. The molecule has 0 N–H and O–H groups in total. The van der Waals surface area contributed by atoms with E-state index in [1.54, 1.807) is 0 Å². The molecule has 0 saturated heterocycles. The minimum Gasteiger partial charge on any atom is -0.460 e. The largest absolute Gasteiger partial charge is 0.460 e. The third-order valence-corrected chi connectivity index (χ3v) is 2.96. The Bertz CT molecular complexity index is 343. The van der Waals surface area contributed by atoms with Gasteiger partial charge in [-0.25, -0.2) is 0 Å². The average molecular weight is 246 g/mol. The summed E-state index contributed by atoms with van der Waals surface area (Å²) in [5, 5.41) is 0. The number of benzene rings is 1. The van der Waals surface area contributed by atoms with E-state index in [1.165, 1.54) is 12.8 Å². The highest BCUT2D eigenvalue weighted by Crippen LogP contribution is 2.23. The van der Waals surface area contributed by atoms with E-state index < -0.39 is 0 Å². The fourth-order valence-corrected chi connectivity index (χ4v) is 1.98. The molecular weight excluding hydrogens is 224 g/mol. The molecule has 0 saturated carbocycles. The molecule has 1 unspecified atom stereocenters. The van der Waals surface area contributed by atoms with E-state index in [2.05, 4.69) is 12.2 Å². The summed E-state index contributed by atoms with van der Waals surface area (Å²) >= 11 is 0. The van der Waals surface area contributed by atoms with Gasteiger partial charge >= 0.3 is 0 Å². The van der Waals surface area contributed by atoms with Gasteiger partial charge in [-0.3, -0.25) is 4.79 Å². The van der Waals surface area contributed by atoms with Gasteiger partial charge in [0.1, 0.15) is 6.10 Å². The molecule has 2 heteroatoms. The Morgan fingerprint density at radius 3 is 2.61 bits per heavy atom. The van der Waals surface area contributed by atoms with Crippen molar-refractivity contribution in [2.75, 3.05) is 0 Å². The summed E-state index contributed by atoms with van der Waals surface area (Å²) in [7, 11) is 0. The molecule has 0 aliphatic heterocycles. The standard InChI is InChI=1S/C16H22O2/c1-2-3-4-5-6-10-13-16(18-14-17)15-11-8-7-9-12-15/h2-3,7-9,11-12,14,16H,4-6,10,13H2,1H3. The molecule has 0 fully saturated rings. The Morgan fingerprint density at radius 2 is 1.94 bits per heavy atom. The van der Waals surface area contributed by atoms with Crippen LogP contribution in [0.4, 0.5) is 0 Å². The first kappa shape index (κ1) is 14.5. The van der Waals surface area contributed by atoms with E-state index in [0.29, 0.717) is 6.47 Å². The smallest absolute Gasteiger partial charge is 0.293 e. The Hall–Kier alpha value is -1.57. The molecule has 1 aromatic carbocycles. The van der Waals surface area contributed by atoms with Crippen LogP contribution in [0.5, 0.6) is 0 Å². The Balaban J connectivity index is 2.33. The highest BCUT2D eigenvalue weighted by molar-refractivity contribution is 5.38. The monoisotopic (exact) mass is 246 g/mol. The molecule has 1 aromatic rings. The first-order valence-electron chi connectivity index (χ1n) is 6.63. The summed E-state index contributed by atoms with van der Waals surface area (Å²) in [5.74, 6) is 0. The highest BCUT2D eigenvalue weighted by Gasteiger charge is 2.10. The Kier molecular flexibility index (Phi) is 7.61. The van der Waals surface area contributed by atoms with E-state index in [9.17, 15) is 4.79 Å². The number of hydrogen-bond acceptors (Lipinski definition) is 2. The lowest BCUT2D eigenvalue weighted by Gasteiger charge is -2.15. The molecule has 0 radical (unpaired) electrons. The molecule has 1 rings (SSSR count). The first-order chi connectivity index (χ1) is 8.88. The molecule has 0 bridgehead atoms. The van der Waals surface area contributed by atoms with Gasteiger partial charge in [0.2, 0.25) is 0 Å². The van der Waals surface area contributed by atoms with Crippen LogP contribution in [-0.2, 0) is 9.53 Å². The molecule has 0 amide bonds. The number of carbonyl (C=O) groups is 1. The van der Waals surface area contributed by atoms with Crippen LogP contribution in [-0.4, -0.2) is 6.47 Å². The maximum Gasteiger partial charge on any atom is 0.293 e. The topological polar surface area (TPSA) is 26.3 Å². The second-order valence-electron chi connectivity index (χ2n) is 4.34. The van der Waals surface area contributed by atoms with Crippen molar-refractivity contribution in [3.05, 3.63) is 48.0 Å². The second kappa shape index (κ2) is 9.46. The number of ether oxygens (including phenoxy) is 1. The fourth-order valence-electron chi connectivity index (χ4n) is 1.98. The SMILES string of the molecule is CC=CCCCCCC(OC=O)c1ccccc1. The number of rotatable bonds is 9. The van der Waals surface area contributed by atoms with Gasteiger partial charge in [0.25, 0.3) is 6.47 Å². The van der Waals surface area contributed by atoms with E-state index in [-0.39, 0.29) is 6.10 Å². The van der Waals surface area contributed by atoms with Crippen molar-refractivity contribution in [3.8, 4) is 0 Å². The molecular formula is C16H22O2. The van der Waals surface area contributed by atoms with Crippen molar-refractivity contribution < 1.29 is 9.53 Å². The minimum absolute atomic E-state index is 0.0922. The molecule has 18 heavy (non-hydrogen) atoms. The van der Waals surface area contributed by atoms with Crippen LogP contribution in [0.1, 0.15) is 50.7 Å². The average Bonchev–Trinajstić information content (AvgIpc) is 2.42. The van der Waals surface area contributed by atoms with Crippen LogP contribution in [0.15, 0.2) is 42.5 Å². The first-order valence-corrected chi connectivity index (χ1v) is 6.63. The third kappa shape index (κ3) is 5.67. The molecule has 0 aliphatic rings. The lowest BCUT2D eigenvalue weighted by molar-refractivity contribution is -0.134. The zero-order chi connectivity index (χ0) is 13.1. The zero-order valence-electron chi connectivity index (χ0n) is 11.0. The number of allylic oxidation sites excluding steroid dienone is 2. The molecule has 0 spiro atoms. The predicted octanol–water partition coefficient (Wildman–Crippen LogP) is 4.43. The van der Waals surface area contributed by atoms with Gasteiger partial charge in [0, 0.05) is 0 Å². The van der Waals surface area contributed by atoms with Gasteiger partial charge in [-0.2, -0.15) is 0 Å². The Morgan fingerprint density at radius 1 is 1.17 bits per heavy atom. The van der Waals surface area contributed by atoms with Gasteiger partial charge < -0.3 is 4.74 Å². The number of carbonyl (C=O) groups excluding carboxylic acids is 1. The molecule has 2 nitrogen and oxygen atoms in total. The molecule has 0 aliphatic carbocycles. The summed E-state index contributed by atoms with van der Waals surface area (Å²) in [6, 6.07) is 9.94. The van der Waals surface area contributed by atoms with Crippen LogP contribution in [0.3, 0.4) is 0 Å². The van der Waals surface area contributed by atoms with E-state index in [4.69, 9.17) is 4.74 Å². The number of hydrogen-bond donors (Lipinski definition) is 0. The van der Waals surface area contributed by atoms with Crippen molar-refractivity contribution in [1.29, 1.82) is 0 Å². The summed E-state index contributed by atoms with van der Waals surface area (Å²) in [4.78, 5) is 10.5. The summed E-state index contributed by atoms with van der Waals surface area (Å²) in [6.07, 6.45) is 9.69. The minimum atomic E-state index is -0.0922. The van der Waals surface area contributed by atoms with Crippen LogP contribution in [0, 0.1) is 0 Å². The Labute approximate surface area is 110 Å². The van der Waals surface area contributed by atoms with E-state index >= 15 is 0 Å². The van der Waals surface area contributed by atoms with Gasteiger partial charge in [-0.15, -0.1) is 0 Å². The van der Waals surface area contributed by atoms with Gasteiger partial charge in [0.15, 0.2) is 0 Å². The van der Waals surface area contributed by atoms with E-state index in [0.717, 1.165) is 24.8 Å².